The van der Waals surface area contributed by atoms with Crippen molar-refractivity contribution in [3.63, 3.8) is 0 Å². The first kappa shape index (κ1) is 20.7. The summed E-state index contributed by atoms with van der Waals surface area (Å²) >= 11 is 6.31. The third kappa shape index (κ3) is 4.96. The van der Waals surface area contributed by atoms with Gasteiger partial charge in [-0.2, -0.15) is 4.98 Å². The first-order chi connectivity index (χ1) is 15.0. The summed E-state index contributed by atoms with van der Waals surface area (Å²) < 4.78 is 10.9. The van der Waals surface area contributed by atoms with Crippen molar-refractivity contribution in [2.75, 3.05) is 24.0 Å². The average molecular weight is 442 g/mol. The van der Waals surface area contributed by atoms with Gasteiger partial charge in [0.25, 0.3) is 5.91 Å². The van der Waals surface area contributed by atoms with Gasteiger partial charge in [0.1, 0.15) is 11.5 Å². The Kier molecular flexibility index (Phi) is 6.06. The van der Waals surface area contributed by atoms with Gasteiger partial charge in [-0.3, -0.25) is 4.79 Å². The Hall–Kier alpha value is -3.56. The molecule has 1 aromatic heterocycles. The highest BCUT2D eigenvalue weighted by atomic mass is 35.5. The highest BCUT2D eigenvalue weighted by Crippen LogP contribution is 2.44. The summed E-state index contributed by atoms with van der Waals surface area (Å²) in [7, 11) is 0. The molecule has 10 heteroatoms. The van der Waals surface area contributed by atoms with Gasteiger partial charge in [-0.15, -0.1) is 0 Å². The highest BCUT2D eigenvalue weighted by Gasteiger charge is 2.21. The third-order valence-electron chi connectivity index (χ3n) is 4.34. The lowest BCUT2D eigenvalue weighted by molar-refractivity contribution is 0.0924. The smallest absolute Gasteiger partial charge is 0.251 e. The fourth-order valence-electron chi connectivity index (χ4n) is 2.89. The molecule has 2 heterocycles. The van der Waals surface area contributed by atoms with Gasteiger partial charge in [0.2, 0.25) is 12.7 Å². The molecule has 1 aliphatic rings. The van der Waals surface area contributed by atoms with Gasteiger partial charge in [-0.1, -0.05) is 17.7 Å². The molecule has 1 aliphatic heterocycles. The number of rotatable bonds is 7. The second-order valence-electron chi connectivity index (χ2n) is 6.81. The van der Waals surface area contributed by atoms with Crippen LogP contribution in [0.4, 0.5) is 23.1 Å². The molecule has 31 heavy (non-hydrogen) atoms. The lowest BCUT2D eigenvalue weighted by Gasteiger charge is -2.12. The van der Waals surface area contributed by atoms with Gasteiger partial charge in [-0.05, 0) is 43.3 Å². The van der Waals surface area contributed by atoms with Crippen molar-refractivity contribution >= 4 is 40.6 Å². The zero-order valence-electron chi connectivity index (χ0n) is 16.6. The molecule has 9 nitrogen and oxygen atoms in total. The molecule has 0 fully saturated rings. The molecule has 0 unspecified atom stereocenters. The van der Waals surface area contributed by atoms with E-state index in [1.165, 1.54) is 0 Å². The van der Waals surface area contributed by atoms with E-state index in [0.717, 1.165) is 0 Å². The lowest BCUT2D eigenvalue weighted by atomic mass is 10.2. The normalized spacial score (nSPS) is 12.9. The Morgan fingerprint density at radius 3 is 2.94 bits per heavy atom. The minimum Gasteiger partial charge on any atom is -0.454 e. The maximum Gasteiger partial charge on any atom is 0.251 e. The zero-order chi connectivity index (χ0) is 21.8. The topological polar surface area (TPSA) is 118 Å². The van der Waals surface area contributed by atoms with Crippen molar-refractivity contribution in [3.05, 3.63) is 59.2 Å². The fourth-order valence-corrected chi connectivity index (χ4v) is 3.09. The fraction of sp³-hybridized carbons (Fsp3) is 0.190. The van der Waals surface area contributed by atoms with Crippen molar-refractivity contribution in [1.82, 2.24) is 15.3 Å². The average Bonchev–Trinajstić information content (AvgIpc) is 3.24. The molecule has 0 aliphatic carbocycles. The Balaban J connectivity index is 1.50. The molecule has 160 valence electrons. The van der Waals surface area contributed by atoms with Crippen LogP contribution in [-0.2, 0) is 0 Å². The van der Waals surface area contributed by atoms with E-state index in [1.54, 1.807) is 55.6 Å². The van der Waals surface area contributed by atoms with Crippen LogP contribution in [0.2, 0.25) is 5.02 Å². The second-order valence-corrected chi connectivity index (χ2v) is 7.22. The van der Waals surface area contributed by atoms with Crippen molar-refractivity contribution in [2.24, 2.45) is 0 Å². The summed E-state index contributed by atoms with van der Waals surface area (Å²) in [5, 5.41) is 18.7. The Morgan fingerprint density at radius 2 is 2.10 bits per heavy atom. The molecule has 0 radical (unpaired) electrons. The van der Waals surface area contributed by atoms with Gasteiger partial charge in [0.15, 0.2) is 11.5 Å². The largest absolute Gasteiger partial charge is 0.454 e. The molecule has 2 aromatic carbocycles. The summed E-state index contributed by atoms with van der Waals surface area (Å²) in [5.41, 5.74) is 1.64. The van der Waals surface area contributed by atoms with Crippen molar-refractivity contribution < 1.29 is 19.4 Å². The zero-order valence-corrected chi connectivity index (χ0v) is 17.3. The molecule has 0 saturated heterocycles. The predicted molar refractivity (Wildman–Crippen MR) is 117 cm³/mol. The van der Waals surface area contributed by atoms with E-state index in [4.69, 9.17) is 21.1 Å². The molecule has 3 aromatic rings. The van der Waals surface area contributed by atoms with Crippen LogP contribution in [0.1, 0.15) is 17.3 Å². The number of nitrogens with one attached hydrogen (secondary N) is 3. The first-order valence-electron chi connectivity index (χ1n) is 9.51. The number of benzene rings is 2. The van der Waals surface area contributed by atoms with Crippen LogP contribution >= 0.6 is 11.6 Å². The standard InChI is InChI=1S/C21H20ClN5O4/c1-12(28)10-24-20(29)13-3-2-4-14(9-13)25-21-23-8-7-17(27-21)26-18-15(22)5-6-16-19(18)31-11-30-16/h2-9,12,28H,10-11H2,1H3,(H,24,29)(H2,23,25,26,27)/t12-/m1/s1. The van der Waals surface area contributed by atoms with Gasteiger partial charge < -0.3 is 30.5 Å². The predicted octanol–water partition coefficient (Wildman–Crippen LogP) is 3.46. The van der Waals surface area contributed by atoms with Crippen LogP contribution in [-0.4, -0.2) is 40.4 Å². The molecule has 1 amide bonds. The maximum atomic E-state index is 12.2. The van der Waals surface area contributed by atoms with Crippen molar-refractivity contribution in [3.8, 4) is 11.5 Å². The number of nitrogens with zero attached hydrogens (tertiary/aromatic N) is 2. The van der Waals surface area contributed by atoms with E-state index in [1.807, 2.05) is 0 Å². The van der Waals surface area contributed by atoms with Crippen LogP contribution in [0.25, 0.3) is 0 Å². The molecule has 0 bridgehead atoms. The number of aliphatic hydroxyl groups is 1. The maximum absolute atomic E-state index is 12.2. The number of aliphatic hydroxyl groups excluding tert-OH is 1. The number of halogens is 1. The molecule has 0 saturated carbocycles. The van der Waals surface area contributed by atoms with Crippen LogP contribution in [0, 0.1) is 0 Å². The van der Waals surface area contributed by atoms with Gasteiger partial charge in [-0.25, -0.2) is 4.98 Å². The third-order valence-corrected chi connectivity index (χ3v) is 4.65. The number of fused-ring (bicyclic) bond motifs is 1. The van der Waals surface area contributed by atoms with Crippen LogP contribution in [0.5, 0.6) is 11.5 Å². The van der Waals surface area contributed by atoms with E-state index in [0.29, 0.717) is 45.2 Å². The quantitative estimate of drug-likeness (QED) is 0.440. The number of carbonyl (C=O) groups is 1. The number of carbonyl (C=O) groups excluding carboxylic acids is 1. The molecule has 0 spiro atoms. The van der Waals surface area contributed by atoms with Gasteiger partial charge in [0.05, 0.1) is 11.1 Å². The summed E-state index contributed by atoms with van der Waals surface area (Å²) in [6.07, 6.45) is 0.968. The number of amides is 1. The molecule has 4 N–H and O–H groups in total. The monoisotopic (exact) mass is 441 g/mol. The SMILES string of the molecule is C[C@@H](O)CNC(=O)c1cccc(Nc2nccc(Nc3c(Cl)ccc4c3OCO4)n2)c1. The van der Waals surface area contributed by atoms with Gasteiger partial charge >= 0.3 is 0 Å². The lowest BCUT2D eigenvalue weighted by Crippen LogP contribution is -2.30. The first-order valence-corrected chi connectivity index (χ1v) is 9.89. The number of hydrogen-bond donors (Lipinski definition) is 4. The summed E-state index contributed by atoms with van der Waals surface area (Å²) in [6, 6.07) is 12.0. The van der Waals surface area contributed by atoms with Gasteiger partial charge in [0, 0.05) is 24.0 Å². The molecular weight excluding hydrogens is 422 g/mol. The van der Waals surface area contributed by atoms with E-state index < -0.39 is 6.10 Å². The molecule has 4 rings (SSSR count). The van der Waals surface area contributed by atoms with Crippen LogP contribution in [0.3, 0.4) is 0 Å². The van der Waals surface area contributed by atoms with Crippen molar-refractivity contribution in [1.29, 1.82) is 0 Å². The van der Waals surface area contributed by atoms with E-state index >= 15 is 0 Å². The van der Waals surface area contributed by atoms with E-state index in [-0.39, 0.29) is 19.2 Å². The minimum absolute atomic E-state index is 0.127. The molecule has 1 atom stereocenters. The minimum atomic E-state index is -0.620. The molecular formula is C21H20ClN5O4. The number of aromatic nitrogens is 2. The highest BCUT2D eigenvalue weighted by molar-refractivity contribution is 6.33. The summed E-state index contributed by atoms with van der Waals surface area (Å²) in [5.74, 6) is 1.67. The van der Waals surface area contributed by atoms with E-state index in [9.17, 15) is 9.90 Å². The number of hydrogen-bond acceptors (Lipinski definition) is 8. The Bertz CT molecular complexity index is 1110. The number of ether oxygens (including phenoxy) is 2. The Labute approximate surface area is 183 Å². The number of anilines is 4. The van der Waals surface area contributed by atoms with Crippen LogP contribution < -0.4 is 25.4 Å². The Morgan fingerprint density at radius 1 is 1.23 bits per heavy atom. The van der Waals surface area contributed by atoms with Crippen molar-refractivity contribution in [2.45, 2.75) is 13.0 Å². The second kappa shape index (κ2) is 9.07. The van der Waals surface area contributed by atoms with E-state index in [2.05, 4.69) is 25.9 Å². The summed E-state index contributed by atoms with van der Waals surface area (Å²) in [6.45, 7) is 1.91. The van der Waals surface area contributed by atoms with Crippen LogP contribution in [0.15, 0.2) is 48.7 Å². The summed E-state index contributed by atoms with van der Waals surface area (Å²) in [4.78, 5) is 20.9.